The van der Waals surface area contributed by atoms with E-state index in [9.17, 15) is 27.0 Å². The Morgan fingerprint density at radius 2 is 1.94 bits per heavy atom. The molecule has 0 radical (unpaired) electrons. The van der Waals surface area contributed by atoms with Gasteiger partial charge in [0.25, 0.3) is 23.0 Å². The van der Waals surface area contributed by atoms with E-state index in [0.29, 0.717) is 34.4 Å². The van der Waals surface area contributed by atoms with Gasteiger partial charge in [0, 0.05) is 28.1 Å². The van der Waals surface area contributed by atoms with Gasteiger partial charge < -0.3 is 29.7 Å². The van der Waals surface area contributed by atoms with Crippen molar-refractivity contribution >= 4 is 73.0 Å². The number of carbonyl (C=O) groups is 3. The Hall–Kier alpha value is -4.29. The molecular weight excluding hydrogens is 702 g/mol. The molecule has 2 aliphatic carbocycles. The highest BCUT2D eigenvalue weighted by molar-refractivity contribution is 7.91. The van der Waals surface area contributed by atoms with E-state index >= 15 is 0 Å². The minimum Gasteiger partial charge on any atom is -0.494 e. The van der Waals surface area contributed by atoms with Gasteiger partial charge in [0.05, 0.1) is 32.2 Å². The monoisotopic (exact) mass is 735 g/mol. The number of ether oxygens (including phenoxy) is 3. The molecule has 19 heteroatoms. The molecule has 1 aromatic heterocycles. The number of likely N-dealkylation sites (tertiary alicyclic amines) is 1. The molecule has 16 nitrogen and oxygen atoms in total. The Kier molecular flexibility index (Phi) is 9.31. The van der Waals surface area contributed by atoms with E-state index in [2.05, 4.69) is 35.7 Å². The number of nitrogens with zero attached hydrogens (tertiary/aromatic N) is 4. The average Bonchev–Trinajstić information content (AvgIpc) is 3.97. The number of halogens is 1. The van der Waals surface area contributed by atoms with Crippen LogP contribution in [0.25, 0.3) is 10.8 Å². The first kappa shape index (κ1) is 34.6. The van der Waals surface area contributed by atoms with Crippen molar-refractivity contribution in [2.75, 3.05) is 20.8 Å². The first-order valence-electron chi connectivity index (χ1n) is 15.3. The number of carbonyl (C=O) groups excluding carboxylic acids is 3. The van der Waals surface area contributed by atoms with Crippen LogP contribution in [0.5, 0.6) is 11.6 Å². The molecule has 3 N–H and O–H groups in total. The summed E-state index contributed by atoms with van der Waals surface area (Å²) in [6, 6.07) is 2.94. The third-order valence-corrected chi connectivity index (χ3v) is 11.5. The molecule has 2 unspecified atom stereocenters. The second kappa shape index (κ2) is 13.2. The minimum absolute atomic E-state index is 0.000341. The van der Waals surface area contributed by atoms with Gasteiger partial charge in [-0.3, -0.25) is 19.1 Å². The van der Waals surface area contributed by atoms with Gasteiger partial charge >= 0.3 is 0 Å². The highest BCUT2D eigenvalue weighted by atomic mass is 35.5. The zero-order chi connectivity index (χ0) is 35.2. The zero-order valence-electron chi connectivity index (χ0n) is 26.7. The van der Waals surface area contributed by atoms with Crippen LogP contribution < -0.4 is 24.8 Å². The third-order valence-electron chi connectivity index (χ3n) is 8.82. The number of sulfonamides is 1. The molecule has 0 spiro atoms. The lowest BCUT2D eigenvalue weighted by molar-refractivity contribution is -0.140. The van der Waals surface area contributed by atoms with Crippen molar-refractivity contribution in [3.05, 3.63) is 42.1 Å². The number of amidine groups is 1. The summed E-state index contributed by atoms with van der Waals surface area (Å²) in [5.41, 5.74) is -1.56. The van der Waals surface area contributed by atoms with Crippen molar-refractivity contribution in [1.82, 2.24) is 25.2 Å². The van der Waals surface area contributed by atoms with Gasteiger partial charge in [0.2, 0.25) is 33.6 Å². The van der Waals surface area contributed by atoms with Crippen LogP contribution in [-0.2, 0) is 40.3 Å². The summed E-state index contributed by atoms with van der Waals surface area (Å²) in [4.78, 5) is 47.0. The molecule has 0 bridgehead atoms. The van der Waals surface area contributed by atoms with Crippen LogP contribution >= 0.6 is 11.6 Å². The second-order valence-electron chi connectivity index (χ2n) is 12.1. The predicted molar refractivity (Wildman–Crippen MR) is 180 cm³/mol. The maximum Gasteiger partial charge on any atom is 0.271 e. The molecule has 2 saturated carbocycles. The van der Waals surface area contributed by atoms with Crippen LogP contribution in [0.4, 0.5) is 0 Å². The van der Waals surface area contributed by atoms with Gasteiger partial charge in [-0.25, -0.2) is 17.6 Å². The average molecular weight is 736 g/mol. The molecule has 262 valence electrons. The van der Waals surface area contributed by atoms with Gasteiger partial charge in [-0.05, 0) is 44.4 Å². The smallest absolute Gasteiger partial charge is 0.271 e. The van der Waals surface area contributed by atoms with Gasteiger partial charge in [0.1, 0.15) is 29.5 Å². The second-order valence-corrected chi connectivity index (χ2v) is 15.3. The van der Waals surface area contributed by atoms with E-state index in [-0.39, 0.29) is 37.0 Å². The van der Waals surface area contributed by atoms with Crippen LogP contribution in [0.3, 0.4) is 0 Å². The number of aromatic nitrogens is 1. The summed E-state index contributed by atoms with van der Waals surface area (Å²) in [5.74, 6) is -1.99. The maximum absolute atomic E-state index is 14.0. The topological polar surface area (TPSA) is 207 Å². The van der Waals surface area contributed by atoms with E-state index < -0.39 is 73.8 Å². The van der Waals surface area contributed by atoms with Crippen molar-refractivity contribution in [2.24, 2.45) is 14.7 Å². The van der Waals surface area contributed by atoms with E-state index in [4.69, 9.17) is 25.8 Å². The number of hydrogen-bond acceptors (Lipinski definition) is 11. The van der Waals surface area contributed by atoms with E-state index in [1.807, 2.05) is 0 Å². The highest BCUT2D eigenvalue weighted by Gasteiger charge is 2.62. The number of fused-ring (bicyclic) bond motifs is 1. The van der Waals surface area contributed by atoms with E-state index in [1.54, 1.807) is 18.2 Å². The molecule has 49 heavy (non-hydrogen) atoms. The van der Waals surface area contributed by atoms with Crippen molar-refractivity contribution < 1.29 is 41.2 Å². The van der Waals surface area contributed by atoms with Crippen LogP contribution in [0.1, 0.15) is 32.6 Å². The summed E-state index contributed by atoms with van der Waals surface area (Å²) >= 11 is 4.30. The number of pyridine rings is 1. The molecule has 3 amide bonds. The Labute approximate surface area is 289 Å². The summed E-state index contributed by atoms with van der Waals surface area (Å²) in [7, 11) is -1.09. The third kappa shape index (κ3) is 6.81. The first-order valence-corrected chi connectivity index (χ1v) is 18.3. The van der Waals surface area contributed by atoms with Crippen LogP contribution in [0.2, 0.25) is 5.02 Å². The molecule has 6 atom stereocenters. The van der Waals surface area contributed by atoms with Gasteiger partial charge in [0.15, 0.2) is 0 Å². The standard InChI is InChI=1S/C30H34ClN7O9S2/c1-5-16-12-30(16,29(41)37-49(43,44)19-7-8-19)34-25(39)22-11-18(47-26-20-9-6-17(31)10-21(20)23(45-3)13-32-26)14-38(22)28(40)15(2)33-24-27(46-4)36-48(42)35-24/h5-6,9-10,13,15-16,18-19,22H,1,7-8,11-12,14H2,2-4H3,(H,33,35)(H,34,39)(H,37,41)/t15?,16-,18-,22+,30-,48?/m1/s1. The lowest BCUT2D eigenvalue weighted by atomic mass is 10.1. The quantitative estimate of drug-likeness (QED) is 0.277. The number of amides is 3. The summed E-state index contributed by atoms with van der Waals surface area (Å²) in [6.45, 7) is 5.20. The normalized spacial score (nSPS) is 26.7. The van der Waals surface area contributed by atoms with Crippen LogP contribution in [-0.4, -0.2) is 102 Å². The zero-order valence-corrected chi connectivity index (χ0v) is 29.1. The molecule has 3 fully saturated rings. The van der Waals surface area contributed by atoms with Gasteiger partial charge in [-0.15, -0.1) is 15.4 Å². The Morgan fingerprint density at radius 1 is 1.18 bits per heavy atom. The fraction of sp³-hybridized carbons (Fsp3) is 0.467. The summed E-state index contributed by atoms with van der Waals surface area (Å²) < 4.78 is 63.6. The molecule has 3 heterocycles. The molecular formula is C30H34ClN7O9S2. The number of nitrogens with one attached hydrogen (secondary N) is 3. The van der Waals surface area contributed by atoms with Crippen molar-refractivity contribution in [1.29, 1.82) is 0 Å². The fourth-order valence-electron chi connectivity index (χ4n) is 5.96. The molecule has 1 saturated heterocycles. The molecule has 1 aromatic carbocycles. The Bertz CT molecular complexity index is 1940. The van der Waals surface area contributed by atoms with Crippen molar-refractivity contribution in [3.8, 4) is 11.6 Å². The van der Waals surface area contributed by atoms with E-state index in [1.165, 1.54) is 38.3 Å². The fourth-order valence-corrected chi connectivity index (χ4v) is 8.13. The number of hydrogen-bond donors (Lipinski definition) is 3. The van der Waals surface area contributed by atoms with Crippen molar-refractivity contribution in [2.45, 2.75) is 61.6 Å². The lowest BCUT2D eigenvalue weighted by Gasteiger charge is -2.28. The number of benzene rings is 1. The molecule has 2 aromatic rings. The lowest BCUT2D eigenvalue weighted by Crippen LogP contribution is -2.58. The summed E-state index contributed by atoms with van der Waals surface area (Å²) in [6.07, 6.45) is 3.24. The van der Waals surface area contributed by atoms with Gasteiger partial charge in [-0.2, -0.15) is 0 Å². The van der Waals surface area contributed by atoms with Crippen LogP contribution in [0, 0.1) is 5.92 Å². The summed E-state index contributed by atoms with van der Waals surface area (Å²) in [5, 5.41) is 6.63. The highest BCUT2D eigenvalue weighted by Crippen LogP contribution is 2.45. The van der Waals surface area contributed by atoms with Crippen LogP contribution in [0.15, 0.2) is 45.8 Å². The minimum atomic E-state index is -3.90. The maximum atomic E-state index is 14.0. The molecule has 2 aliphatic heterocycles. The van der Waals surface area contributed by atoms with E-state index in [0.717, 1.165) is 0 Å². The Morgan fingerprint density at radius 3 is 2.59 bits per heavy atom. The largest absolute Gasteiger partial charge is 0.494 e. The van der Waals surface area contributed by atoms with Crippen molar-refractivity contribution in [3.63, 3.8) is 0 Å². The SMILES string of the molecule is C=C[C@@H]1C[C@]1(NC(=O)[C@@H]1C[C@@H](Oc2ncc(OC)c3cc(Cl)ccc23)CN1C(=O)C(C)NC1=NS(=O)N=C1OC)C(=O)NS(=O)(=O)C1CC1. The number of methoxy groups -OCH3 is 2. The van der Waals surface area contributed by atoms with Gasteiger partial charge in [-0.1, -0.05) is 17.7 Å². The molecule has 4 aliphatic rings. The molecule has 6 rings (SSSR count). The number of rotatable bonds is 11. The predicted octanol–water partition coefficient (Wildman–Crippen LogP) is 0.928. The first-order chi connectivity index (χ1) is 23.3. The Balaban J connectivity index is 1.26.